The number of carbonyl (C=O) groups excluding carboxylic acids is 2. The fourth-order valence-corrected chi connectivity index (χ4v) is 3.33. The molecular weight excluding hydrogens is 361 g/mol. The third-order valence-corrected chi connectivity index (χ3v) is 5.36. The van der Waals surface area contributed by atoms with E-state index < -0.39 is 0 Å². The lowest BCUT2D eigenvalue weighted by Gasteiger charge is -2.34. The molecule has 138 valence electrons. The Morgan fingerprint density at radius 1 is 1.28 bits per heavy atom. The van der Waals surface area contributed by atoms with Gasteiger partial charge in [-0.15, -0.1) is 0 Å². The fourth-order valence-electron chi connectivity index (χ4n) is 2.84. The Labute approximate surface area is 159 Å². The van der Waals surface area contributed by atoms with Gasteiger partial charge in [0.25, 0.3) is 0 Å². The van der Waals surface area contributed by atoms with Crippen LogP contribution >= 0.6 is 23.2 Å². The van der Waals surface area contributed by atoms with Crippen LogP contribution in [0.1, 0.15) is 26.7 Å². The van der Waals surface area contributed by atoms with Crippen molar-refractivity contribution >= 4 is 40.7 Å². The number of likely N-dealkylation sites (N-methyl/N-ethyl adjacent to an activating group) is 1. The van der Waals surface area contributed by atoms with Crippen molar-refractivity contribution in [3.05, 3.63) is 28.2 Å². The lowest BCUT2D eigenvalue weighted by Crippen LogP contribution is -2.49. The van der Waals surface area contributed by atoms with Gasteiger partial charge in [-0.1, -0.05) is 36.2 Å². The van der Waals surface area contributed by atoms with Crippen molar-refractivity contribution < 1.29 is 9.59 Å². The highest BCUT2D eigenvalue weighted by Crippen LogP contribution is 2.29. The zero-order valence-corrected chi connectivity index (χ0v) is 16.4. The number of hydrogen-bond acceptors (Lipinski definition) is 3. The van der Waals surface area contributed by atoms with Crippen LogP contribution in [0, 0.1) is 5.92 Å². The van der Waals surface area contributed by atoms with Gasteiger partial charge in [-0.3, -0.25) is 14.5 Å². The van der Waals surface area contributed by atoms with Crippen LogP contribution in [0.4, 0.5) is 5.69 Å². The van der Waals surface area contributed by atoms with Crippen molar-refractivity contribution in [3.8, 4) is 0 Å². The summed E-state index contributed by atoms with van der Waals surface area (Å²) in [7, 11) is 1.77. The average molecular weight is 386 g/mol. The molecule has 5 nitrogen and oxygen atoms in total. The summed E-state index contributed by atoms with van der Waals surface area (Å²) in [5.74, 6) is 0.477. The van der Waals surface area contributed by atoms with E-state index in [4.69, 9.17) is 23.2 Å². The van der Waals surface area contributed by atoms with Gasteiger partial charge in [-0.2, -0.15) is 0 Å². The number of para-hydroxylation sites is 1. The van der Waals surface area contributed by atoms with Crippen molar-refractivity contribution in [3.63, 3.8) is 0 Å². The molecule has 1 saturated heterocycles. The quantitative estimate of drug-likeness (QED) is 0.843. The molecule has 1 heterocycles. The molecule has 25 heavy (non-hydrogen) atoms. The van der Waals surface area contributed by atoms with Crippen LogP contribution in [-0.2, 0) is 9.59 Å². The number of nitrogens with zero attached hydrogens (tertiary/aromatic N) is 2. The second-order valence-corrected chi connectivity index (χ2v) is 7.56. The smallest absolute Gasteiger partial charge is 0.239 e. The molecule has 0 saturated carbocycles. The summed E-state index contributed by atoms with van der Waals surface area (Å²) in [5, 5.41) is 3.49. The standard InChI is InChI=1S/C18H25Cl2N3O2/c1-12-7-9-23(10-8-12)18(25)13(2)22(3)11-16(24)21-17-14(19)5-4-6-15(17)20/h4-6,12-13H,7-11H2,1-3H3,(H,21,24). The molecule has 1 N–H and O–H groups in total. The third-order valence-electron chi connectivity index (χ3n) is 4.73. The van der Waals surface area contributed by atoms with Crippen LogP contribution in [0.3, 0.4) is 0 Å². The molecule has 0 radical (unpaired) electrons. The van der Waals surface area contributed by atoms with Crippen LogP contribution < -0.4 is 5.32 Å². The summed E-state index contributed by atoms with van der Waals surface area (Å²) >= 11 is 12.1. The first-order valence-electron chi connectivity index (χ1n) is 8.52. The Kier molecular flexibility index (Phi) is 7.11. The SMILES string of the molecule is CC1CCN(C(=O)C(C)N(C)CC(=O)Nc2c(Cl)cccc2Cl)CC1. The fraction of sp³-hybridized carbons (Fsp3) is 0.556. The summed E-state index contributed by atoms with van der Waals surface area (Å²) in [4.78, 5) is 28.5. The first-order valence-corrected chi connectivity index (χ1v) is 9.28. The van der Waals surface area contributed by atoms with E-state index in [9.17, 15) is 9.59 Å². The molecular formula is C18H25Cl2N3O2. The van der Waals surface area contributed by atoms with E-state index in [0.717, 1.165) is 25.9 Å². The Morgan fingerprint density at radius 2 is 1.84 bits per heavy atom. The normalized spacial score (nSPS) is 16.8. The van der Waals surface area contributed by atoms with Gasteiger partial charge in [0.15, 0.2) is 0 Å². The highest BCUT2D eigenvalue weighted by atomic mass is 35.5. The van der Waals surface area contributed by atoms with E-state index >= 15 is 0 Å². The minimum atomic E-state index is -0.360. The monoisotopic (exact) mass is 385 g/mol. The van der Waals surface area contributed by atoms with Gasteiger partial charge >= 0.3 is 0 Å². The van der Waals surface area contributed by atoms with Crippen molar-refractivity contribution in [1.29, 1.82) is 0 Å². The molecule has 1 fully saturated rings. The second-order valence-electron chi connectivity index (χ2n) is 6.74. The van der Waals surface area contributed by atoms with E-state index in [0.29, 0.717) is 21.7 Å². The zero-order chi connectivity index (χ0) is 18.6. The van der Waals surface area contributed by atoms with Crippen LogP contribution in [0.5, 0.6) is 0 Å². The van der Waals surface area contributed by atoms with Gasteiger partial charge in [0, 0.05) is 13.1 Å². The topological polar surface area (TPSA) is 52.7 Å². The summed E-state index contributed by atoms with van der Waals surface area (Å²) in [5.41, 5.74) is 0.397. The van der Waals surface area contributed by atoms with Gasteiger partial charge in [-0.05, 0) is 44.9 Å². The molecule has 1 unspecified atom stereocenters. The average Bonchev–Trinajstić information content (AvgIpc) is 2.57. The van der Waals surface area contributed by atoms with Crippen molar-refractivity contribution in [2.45, 2.75) is 32.7 Å². The molecule has 1 atom stereocenters. The largest absolute Gasteiger partial charge is 0.341 e. The number of nitrogens with one attached hydrogen (secondary N) is 1. The van der Waals surface area contributed by atoms with Crippen molar-refractivity contribution in [2.24, 2.45) is 5.92 Å². The summed E-state index contributed by atoms with van der Waals surface area (Å²) in [6.07, 6.45) is 2.07. The van der Waals surface area contributed by atoms with E-state index in [-0.39, 0.29) is 24.4 Å². The molecule has 0 aliphatic carbocycles. The Morgan fingerprint density at radius 3 is 2.40 bits per heavy atom. The number of carbonyl (C=O) groups is 2. The molecule has 1 aliphatic heterocycles. The Hall–Kier alpha value is -1.30. The van der Waals surface area contributed by atoms with Crippen LogP contribution in [0.2, 0.25) is 10.0 Å². The van der Waals surface area contributed by atoms with E-state index in [1.165, 1.54) is 0 Å². The molecule has 1 aromatic rings. The van der Waals surface area contributed by atoms with Crippen LogP contribution in [0.15, 0.2) is 18.2 Å². The van der Waals surface area contributed by atoms with Crippen molar-refractivity contribution in [1.82, 2.24) is 9.80 Å². The minimum absolute atomic E-state index is 0.0676. The van der Waals surface area contributed by atoms with Gasteiger partial charge in [0.2, 0.25) is 11.8 Å². The molecule has 1 aliphatic rings. The van der Waals surface area contributed by atoms with Gasteiger partial charge < -0.3 is 10.2 Å². The molecule has 7 heteroatoms. The van der Waals surface area contributed by atoms with Crippen LogP contribution in [-0.4, -0.2) is 54.3 Å². The summed E-state index contributed by atoms with van der Waals surface area (Å²) < 4.78 is 0. The maximum absolute atomic E-state index is 12.6. The van der Waals surface area contributed by atoms with E-state index in [2.05, 4.69) is 12.2 Å². The minimum Gasteiger partial charge on any atom is -0.341 e. The number of likely N-dealkylation sites (tertiary alicyclic amines) is 1. The summed E-state index contributed by atoms with van der Waals surface area (Å²) in [6, 6.07) is 4.68. The maximum atomic E-state index is 12.6. The molecule has 0 aromatic heterocycles. The Balaban J connectivity index is 1.90. The molecule has 0 spiro atoms. The molecule has 2 amide bonds. The first-order chi connectivity index (χ1) is 11.8. The zero-order valence-electron chi connectivity index (χ0n) is 14.9. The number of amides is 2. The van der Waals surface area contributed by atoms with E-state index in [1.54, 1.807) is 30.1 Å². The lowest BCUT2D eigenvalue weighted by molar-refractivity contribution is -0.137. The van der Waals surface area contributed by atoms with Gasteiger partial charge in [0.1, 0.15) is 0 Å². The number of piperidine rings is 1. The van der Waals surface area contributed by atoms with Crippen molar-refractivity contribution in [2.75, 3.05) is 32.0 Å². The predicted octanol–water partition coefficient (Wildman–Crippen LogP) is 3.51. The van der Waals surface area contributed by atoms with Gasteiger partial charge in [-0.25, -0.2) is 0 Å². The molecule has 1 aromatic carbocycles. The first kappa shape index (κ1) is 20.0. The number of benzene rings is 1. The summed E-state index contributed by atoms with van der Waals surface area (Å²) in [6.45, 7) is 5.70. The molecule has 2 rings (SSSR count). The van der Waals surface area contributed by atoms with Crippen LogP contribution in [0.25, 0.3) is 0 Å². The number of hydrogen-bond donors (Lipinski definition) is 1. The maximum Gasteiger partial charge on any atom is 0.239 e. The third kappa shape index (κ3) is 5.33. The highest BCUT2D eigenvalue weighted by molar-refractivity contribution is 6.39. The van der Waals surface area contributed by atoms with Gasteiger partial charge in [0.05, 0.1) is 28.3 Å². The number of anilines is 1. The lowest BCUT2D eigenvalue weighted by atomic mass is 9.99. The second kappa shape index (κ2) is 8.88. The predicted molar refractivity (Wildman–Crippen MR) is 102 cm³/mol. The van der Waals surface area contributed by atoms with E-state index in [1.807, 2.05) is 11.8 Å². The number of halogens is 2. The highest BCUT2D eigenvalue weighted by Gasteiger charge is 2.27. The number of rotatable bonds is 5. The molecule has 0 bridgehead atoms. The Bertz CT molecular complexity index is 610.